The second kappa shape index (κ2) is 1.82. The molecule has 0 rings (SSSR count). The van der Waals surface area contributed by atoms with Gasteiger partial charge in [-0.05, 0) is 0 Å². The largest absolute Gasteiger partial charge is 0.487 e. The van der Waals surface area contributed by atoms with Gasteiger partial charge in [-0.15, -0.1) is 0 Å². The molecule has 0 bridgehead atoms. The van der Waals surface area contributed by atoms with Crippen molar-refractivity contribution < 1.29 is 19.2 Å². The summed E-state index contributed by atoms with van der Waals surface area (Å²) in [6.07, 6.45) is 0. The average molecular weight is 126 g/mol. The Morgan fingerprint density at radius 2 is 1.33 bits per heavy atom. The molecule has 0 unspecified atom stereocenters. The minimum atomic E-state index is -3.94. The van der Waals surface area contributed by atoms with Gasteiger partial charge in [0, 0.05) is 0 Å². The van der Waals surface area contributed by atoms with Crippen LogP contribution in [-0.2, 0) is 0 Å². The van der Waals surface area contributed by atoms with E-state index in [0.29, 0.717) is 0 Å². The minimum Gasteiger partial charge on any atom is -0.433 e. The van der Waals surface area contributed by atoms with Gasteiger partial charge < -0.3 is 19.2 Å². The highest BCUT2D eigenvalue weighted by atomic mass is 29.2. The summed E-state index contributed by atoms with van der Waals surface area (Å²) >= 11 is 0. The molecular formula is H6O4Si2. The lowest BCUT2D eigenvalue weighted by Gasteiger charge is -2.00. The third-order valence-electron chi connectivity index (χ3n) is 0.212. The van der Waals surface area contributed by atoms with Crippen LogP contribution in [0.25, 0.3) is 0 Å². The molecule has 0 fully saturated rings. The molecule has 0 spiro atoms. The van der Waals surface area contributed by atoms with Crippen LogP contribution in [0.1, 0.15) is 0 Å². The zero-order valence-corrected chi connectivity index (χ0v) is 5.41. The second-order valence-corrected chi connectivity index (χ2v) is 6.59. The van der Waals surface area contributed by atoms with Crippen LogP contribution in [-0.4, -0.2) is 36.8 Å². The van der Waals surface area contributed by atoms with Crippen molar-refractivity contribution in [1.82, 2.24) is 0 Å². The van der Waals surface area contributed by atoms with E-state index in [4.69, 9.17) is 19.2 Å². The Kier molecular flexibility index (Phi) is 1.90. The quantitative estimate of drug-likeness (QED) is 0.275. The van der Waals surface area contributed by atoms with Crippen molar-refractivity contribution in [2.45, 2.75) is 0 Å². The summed E-state index contributed by atoms with van der Waals surface area (Å²) in [5.41, 5.74) is 0. The molecule has 0 aliphatic heterocycles. The lowest BCUT2D eigenvalue weighted by molar-refractivity contribution is 0.253. The molecule has 0 aliphatic carbocycles. The molecule has 0 amide bonds. The third kappa shape index (κ3) is 4.27. The van der Waals surface area contributed by atoms with Crippen LogP contribution in [0.3, 0.4) is 0 Å². The molecule has 6 heteroatoms. The summed E-state index contributed by atoms with van der Waals surface area (Å²) in [6.45, 7) is 0. The zero-order chi connectivity index (χ0) is 5.21. The predicted molar refractivity (Wildman–Crippen MR) is 23.2 cm³/mol. The van der Waals surface area contributed by atoms with E-state index < -0.39 is 17.6 Å². The summed E-state index contributed by atoms with van der Waals surface area (Å²) in [5.74, 6) is 0. The van der Waals surface area contributed by atoms with E-state index in [9.17, 15) is 0 Å². The lowest BCUT2D eigenvalue weighted by atomic mass is 15.8. The standard InChI is InChI=1S/H6O4Si2/c1-5-6(2,3)4/h1-4H,5H2. The van der Waals surface area contributed by atoms with Crippen LogP contribution in [0, 0.1) is 0 Å². The maximum atomic E-state index is 7.89. The molecule has 4 nitrogen and oxygen atoms in total. The van der Waals surface area contributed by atoms with Gasteiger partial charge in [0.1, 0.15) is 0 Å². The second-order valence-electron chi connectivity index (χ2n) is 0.932. The summed E-state index contributed by atoms with van der Waals surface area (Å²) in [4.78, 5) is 31.5. The van der Waals surface area contributed by atoms with Gasteiger partial charge in [-0.25, -0.2) is 0 Å². The van der Waals surface area contributed by atoms with Gasteiger partial charge in [0.25, 0.3) is 0 Å². The Morgan fingerprint density at radius 3 is 1.33 bits per heavy atom. The fraction of sp³-hybridized carbons (Fsp3) is 0. The highest BCUT2D eigenvalue weighted by Crippen LogP contribution is 1.73. The molecule has 0 heterocycles. The van der Waals surface area contributed by atoms with Crippen molar-refractivity contribution in [3.63, 3.8) is 0 Å². The van der Waals surface area contributed by atoms with Gasteiger partial charge in [0.15, 0.2) is 0 Å². The predicted octanol–water partition coefficient (Wildman–Crippen LogP) is -3.52. The lowest BCUT2D eigenvalue weighted by Crippen LogP contribution is -2.42. The van der Waals surface area contributed by atoms with Crippen molar-refractivity contribution >= 4 is 17.6 Å². The molecule has 0 radical (unpaired) electrons. The van der Waals surface area contributed by atoms with Crippen LogP contribution < -0.4 is 0 Å². The van der Waals surface area contributed by atoms with Crippen molar-refractivity contribution in [3.8, 4) is 0 Å². The molecule has 38 valence electrons. The SMILES string of the molecule is O[SiH2][Si](O)(O)O. The Balaban J connectivity index is 3.17. The number of hydrogen-bond donors (Lipinski definition) is 4. The highest BCUT2D eigenvalue weighted by molar-refractivity contribution is 7.09. The smallest absolute Gasteiger partial charge is 0.433 e. The maximum absolute atomic E-state index is 7.89. The normalized spacial score (nSPS) is 14.0. The van der Waals surface area contributed by atoms with Crippen LogP contribution >= 0.6 is 0 Å². The molecule has 0 atom stereocenters. The van der Waals surface area contributed by atoms with E-state index in [0.717, 1.165) is 0 Å². The van der Waals surface area contributed by atoms with Gasteiger partial charge in [0.2, 0.25) is 9.28 Å². The van der Waals surface area contributed by atoms with Crippen molar-refractivity contribution in [2.75, 3.05) is 0 Å². The molecule has 0 saturated heterocycles. The first-order valence-electron chi connectivity index (χ1n) is 1.34. The van der Waals surface area contributed by atoms with Gasteiger partial charge >= 0.3 is 8.32 Å². The van der Waals surface area contributed by atoms with E-state index in [1.807, 2.05) is 0 Å². The van der Waals surface area contributed by atoms with Crippen molar-refractivity contribution in [2.24, 2.45) is 0 Å². The van der Waals surface area contributed by atoms with Crippen molar-refractivity contribution in [1.29, 1.82) is 0 Å². The molecular weight excluding hydrogens is 120 g/mol. The first kappa shape index (κ1) is 6.27. The molecule has 6 heavy (non-hydrogen) atoms. The number of hydrogen-bond acceptors (Lipinski definition) is 4. The van der Waals surface area contributed by atoms with E-state index in [2.05, 4.69) is 0 Å². The Hall–Kier alpha value is 0.274. The van der Waals surface area contributed by atoms with Crippen LogP contribution in [0.2, 0.25) is 0 Å². The third-order valence-corrected chi connectivity index (χ3v) is 1.91. The summed E-state index contributed by atoms with van der Waals surface area (Å²) < 4.78 is 0. The number of rotatable bonds is 1. The summed E-state index contributed by atoms with van der Waals surface area (Å²) in [7, 11) is -5.88. The van der Waals surface area contributed by atoms with Crippen molar-refractivity contribution in [3.05, 3.63) is 0 Å². The van der Waals surface area contributed by atoms with Crippen LogP contribution in [0.15, 0.2) is 0 Å². The monoisotopic (exact) mass is 126 g/mol. The fourth-order valence-corrected chi connectivity index (χ4v) is 0. The maximum Gasteiger partial charge on any atom is 0.487 e. The Bertz CT molecular complexity index is 35.3. The Labute approximate surface area is 37.8 Å². The van der Waals surface area contributed by atoms with Gasteiger partial charge in [-0.2, -0.15) is 0 Å². The molecule has 0 aromatic rings. The zero-order valence-electron chi connectivity index (χ0n) is 3.00. The van der Waals surface area contributed by atoms with Gasteiger partial charge in [-0.1, -0.05) is 0 Å². The molecule has 0 aromatic heterocycles. The summed E-state index contributed by atoms with van der Waals surface area (Å²) in [5, 5.41) is 0. The molecule has 4 N–H and O–H groups in total. The topological polar surface area (TPSA) is 80.9 Å². The van der Waals surface area contributed by atoms with Gasteiger partial charge in [0.05, 0.1) is 0 Å². The van der Waals surface area contributed by atoms with Gasteiger partial charge in [-0.3, -0.25) is 0 Å². The average Bonchev–Trinajstić information content (AvgIpc) is 1.35. The van der Waals surface area contributed by atoms with Crippen LogP contribution in [0.4, 0.5) is 0 Å². The first-order chi connectivity index (χ1) is 2.56. The van der Waals surface area contributed by atoms with Crippen LogP contribution in [0.5, 0.6) is 0 Å². The van der Waals surface area contributed by atoms with E-state index in [1.54, 1.807) is 0 Å². The Morgan fingerprint density at radius 1 is 1.17 bits per heavy atom. The first-order valence-corrected chi connectivity index (χ1v) is 6.14. The van der Waals surface area contributed by atoms with E-state index >= 15 is 0 Å². The molecule has 0 aromatic carbocycles. The fourth-order valence-electron chi connectivity index (χ4n) is 0. The molecule has 0 saturated carbocycles. The minimum absolute atomic E-state index is 1.94. The summed E-state index contributed by atoms with van der Waals surface area (Å²) in [6, 6.07) is 0. The molecule has 0 aliphatic rings. The van der Waals surface area contributed by atoms with E-state index in [-0.39, 0.29) is 0 Å². The van der Waals surface area contributed by atoms with E-state index in [1.165, 1.54) is 0 Å². The highest BCUT2D eigenvalue weighted by Gasteiger charge is 2.24.